The standard InChI is InChI=1S/C13H15IN4O.C3H6O2/c14-11-3-1-2-10(8-11)13-16-12(17-19-13)9-18-6-4-15-5-7-18;1-2-5-3-4/h1-3,8,15H,4-7,9H2;3H,2H2,1H3. The summed E-state index contributed by atoms with van der Waals surface area (Å²) in [5, 5.41) is 7.40. The number of carbonyl (C=O) groups is 1. The summed E-state index contributed by atoms with van der Waals surface area (Å²) in [4.78, 5) is 16.0. The Kier molecular flexibility index (Phi) is 8.13. The highest BCUT2D eigenvalue weighted by atomic mass is 127. The molecule has 1 saturated heterocycles. The summed E-state index contributed by atoms with van der Waals surface area (Å²) in [6, 6.07) is 8.08. The minimum absolute atomic E-state index is 0.431. The highest BCUT2D eigenvalue weighted by Gasteiger charge is 2.14. The monoisotopic (exact) mass is 444 g/mol. The molecule has 0 saturated carbocycles. The molecule has 2 heterocycles. The SMILES string of the molecule is CCOC=O.Ic1cccc(-c2nc(CN3CCNCC3)no2)c1. The smallest absolute Gasteiger partial charge is 0.293 e. The predicted molar refractivity (Wildman–Crippen MR) is 98.3 cm³/mol. The van der Waals surface area contributed by atoms with Crippen molar-refractivity contribution in [1.82, 2.24) is 20.4 Å². The van der Waals surface area contributed by atoms with Gasteiger partial charge in [-0.2, -0.15) is 4.98 Å². The van der Waals surface area contributed by atoms with Crippen molar-refractivity contribution in [2.24, 2.45) is 0 Å². The molecular formula is C16H21IN4O3. The maximum absolute atomic E-state index is 9.18. The van der Waals surface area contributed by atoms with Crippen LogP contribution in [0.5, 0.6) is 0 Å². The van der Waals surface area contributed by atoms with E-state index in [1.54, 1.807) is 6.92 Å². The Labute approximate surface area is 154 Å². The average molecular weight is 444 g/mol. The highest BCUT2D eigenvalue weighted by Crippen LogP contribution is 2.19. The van der Waals surface area contributed by atoms with Gasteiger partial charge in [-0.3, -0.25) is 9.69 Å². The molecule has 1 aliphatic heterocycles. The maximum atomic E-state index is 9.18. The van der Waals surface area contributed by atoms with Crippen LogP contribution in [-0.4, -0.2) is 54.3 Å². The van der Waals surface area contributed by atoms with Crippen LogP contribution in [0.15, 0.2) is 28.8 Å². The maximum Gasteiger partial charge on any atom is 0.293 e. The molecule has 1 aromatic carbocycles. The van der Waals surface area contributed by atoms with Gasteiger partial charge in [-0.1, -0.05) is 11.2 Å². The largest absolute Gasteiger partial charge is 0.468 e. The van der Waals surface area contributed by atoms with E-state index in [0.717, 1.165) is 47.7 Å². The van der Waals surface area contributed by atoms with Gasteiger partial charge < -0.3 is 14.6 Å². The molecule has 0 radical (unpaired) electrons. The third-order valence-corrected chi connectivity index (χ3v) is 4.02. The summed E-state index contributed by atoms with van der Waals surface area (Å²) in [5.74, 6) is 1.36. The van der Waals surface area contributed by atoms with E-state index in [1.807, 2.05) is 24.3 Å². The van der Waals surface area contributed by atoms with Crippen molar-refractivity contribution in [3.8, 4) is 11.5 Å². The van der Waals surface area contributed by atoms with Gasteiger partial charge in [-0.15, -0.1) is 0 Å². The van der Waals surface area contributed by atoms with E-state index < -0.39 is 0 Å². The molecule has 130 valence electrons. The number of carbonyl (C=O) groups excluding carboxylic acids is 1. The van der Waals surface area contributed by atoms with Gasteiger partial charge in [0, 0.05) is 35.3 Å². The Balaban J connectivity index is 0.000000368. The van der Waals surface area contributed by atoms with Crippen molar-refractivity contribution in [3.05, 3.63) is 33.7 Å². The Morgan fingerprint density at radius 2 is 2.21 bits per heavy atom. The van der Waals surface area contributed by atoms with Crippen molar-refractivity contribution >= 4 is 29.1 Å². The number of aromatic nitrogens is 2. The van der Waals surface area contributed by atoms with E-state index in [9.17, 15) is 4.79 Å². The van der Waals surface area contributed by atoms with Gasteiger partial charge >= 0.3 is 0 Å². The molecule has 8 heteroatoms. The lowest BCUT2D eigenvalue weighted by Crippen LogP contribution is -2.43. The van der Waals surface area contributed by atoms with Gasteiger partial charge in [0.15, 0.2) is 5.82 Å². The molecule has 1 aliphatic rings. The zero-order valence-electron chi connectivity index (χ0n) is 13.6. The van der Waals surface area contributed by atoms with Crippen molar-refractivity contribution in [2.75, 3.05) is 32.8 Å². The molecular weight excluding hydrogens is 423 g/mol. The van der Waals surface area contributed by atoms with Crippen LogP contribution in [-0.2, 0) is 16.1 Å². The van der Waals surface area contributed by atoms with Gasteiger partial charge in [0.2, 0.25) is 0 Å². The minimum atomic E-state index is 0.431. The number of halogens is 1. The number of rotatable bonds is 5. The van der Waals surface area contributed by atoms with E-state index in [4.69, 9.17) is 4.52 Å². The Morgan fingerprint density at radius 3 is 2.83 bits per heavy atom. The first-order valence-corrected chi connectivity index (χ1v) is 8.87. The van der Waals surface area contributed by atoms with E-state index in [0.29, 0.717) is 19.0 Å². The first kappa shape index (κ1) is 18.8. The quantitative estimate of drug-likeness (QED) is 0.558. The second-order valence-electron chi connectivity index (χ2n) is 5.10. The normalized spacial score (nSPS) is 14.6. The lowest BCUT2D eigenvalue weighted by Gasteiger charge is -2.25. The molecule has 0 spiro atoms. The zero-order chi connectivity index (χ0) is 17.2. The summed E-state index contributed by atoms with van der Waals surface area (Å²) in [6.07, 6.45) is 0. The molecule has 24 heavy (non-hydrogen) atoms. The predicted octanol–water partition coefficient (Wildman–Crippen LogP) is 1.93. The summed E-state index contributed by atoms with van der Waals surface area (Å²) < 4.78 is 10.7. The van der Waals surface area contributed by atoms with Crippen LogP contribution in [0.2, 0.25) is 0 Å². The van der Waals surface area contributed by atoms with E-state index in [1.165, 1.54) is 0 Å². The molecule has 0 atom stereocenters. The number of nitrogens with one attached hydrogen (secondary N) is 1. The average Bonchev–Trinajstić information content (AvgIpc) is 3.06. The first-order chi connectivity index (χ1) is 11.7. The summed E-state index contributed by atoms with van der Waals surface area (Å²) >= 11 is 2.28. The van der Waals surface area contributed by atoms with Crippen LogP contribution in [0.4, 0.5) is 0 Å². The van der Waals surface area contributed by atoms with Gasteiger partial charge in [-0.05, 0) is 47.7 Å². The van der Waals surface area contributed by atoms with E-state index in [-0.39, 0.29) is 0 Å². The van der Waals surface area contributed by atoms with Crippen LogP contribution in [0, 0.1) is 3.57 Å². The molecule has 1 fully saturated rings. The number of hydrogen-bond donors (Lipinski definition) is 1. The molecule has 0 bridgehead atoms. The highest BCUT2D eigenvalue weighted by molar-refractivity contribution is 14.1. The fourth-order valence-corrected chi connectivity index (χ4v) is 2.74. The molecule has 1 N–H and O–H groups in total. The number of piperazine rings is 1. The van der Waals surface area contributed by atoms with E-state index >= 15 is 0 Å². The Morgan fingerprint density at radius 1 is 1.42 bits per heavy atom. The van der Waals surface area contributed by atoms with E-state index in [2.05, 4.69) is 47.7 Å². The third kappa shape index (κ3) is 6.17. The minimum Gasteiger partial charge on any atom is -0.468 e. The molecule has 2 aromatic rings. The molecule has 7 nitrogen and oxygen atoms in total. The van der Waals surface area contributed by atoms with Gasteiger partial charge in [-0.25, -0.2) is 0 Å². The third-order valence-electron chi connectivity index (χ3n) is 3.35. The van der Waals surface area contributed by atoms with Crippen LogP contribution in [0.3, 0.4) is 0 Å². The lowest BCUT2D eigenvalue weighted by molar-refractivity contribution is -0.128. The molecule has 0 aliphatic carbocycles. The van der Waals surface area contributed by atoms with Crippen LogP contribution in [0.25, 0.3) is 11.5 Å². The Bertz CT molecular complexity index is 629. The molecule has 0 unspecified atom stereocenters. The van der Waals surface area contributed by atoms with Crippen molar-refractivity contribution in [3.63, 3.8) is 0 Å². The summed E-state index contributed by atoms with van der Waals surface area (Å²) in [5.41, 5.74) is 0.978. The van der Waals surface area contributed by atoms with Gasteiger partial charge in [0.05, 0.1) is 13.2 Å². The molecule has 1 aromatic heterocycles. The van der Waals surface area contributed by atoms with Crippen molar-refractivity contribution < 1.29 is 14.1 Å². The molecule has 0 amide bonds. The number of benzene rings is 1. The van der Waals surface area contributed by atoms with Crippen LogP contribution < -0.4 is 5.32 Å². The zero-order valence-corrected chi connectivity index (χ0v) is 15.7. The molecule has 3 rings (SSSR count). The number of nitrogens with zero attached hydrogens (tertiary/aromatic N) is 3. The first-order valence-electron chi connectivity index (χ1n) is 7.79. The lowest BCUT2D eigenvalue weighted by atomic mass is 10.2. The number of ether oxygens (including phenoxy) is 1. The van der Waals surface area contributed by atoms with Crippen LogP contribution >= 0.6 is 22.6 Å². The van der Waals surface area contributed by atoms with Crippen molar-refractivity contribution in [1.29, 1.82) is 0 Å². The second-order valence-corrected chi connectivity index (χ2v) is 6.35. The van der Waals surface area contributed by atoms with Crippen LogP contribution in [0.1, 0.15) is 12.7 Å². The second kappa shape index (κ2) is 10.4. The summed E-state index contributed by atoms with van der Waals surface area (Å²) in [6.45, 7) is 7.55. The fraction of sp³-hybridized carbons (Fsp3) is 0.438. The number of hydrogen-bond acceptors (Lipinski definition) is 7. The topological polar surface area (TPSA) is 80.5 Å². The summed E-state index contributed by atoms with van der Waals surface area (Å²) in [7, 11) is 0. The van der Waals surface area contributed by atoms with Gasteiger partial charge in [0.1, 0.15) is 0 Å². The van der Waals surface area contributed by atoms with Crippen molar-refractivity contribution in [2.45, 2.75) is 13.5 Å². The Hall–Kier alpha value is -1.52. The van der Waals surface area contributed by atoms with Gasteiger partial charge in [0.25, 0.3) is 12.4 Å². The fourth-order valence-electron chi connectivity index (χ4n) is 2.19.